The molecule has 0 amide bonds. The summed E-state index contributed by atoms with van der Waals surface area (Å²) in [6.45, 7) is 0. The van der Waals surface area contributed by atoms with Crippen LogP contribution in [0.25, 0.3) is 21.9 Å². The number of methoxy groups -OCH3 is 1. The van der Waals surface area contributed by atoms with Gasteiger partial charge in [0.2, 0.25) is 0 Å². The summed E-state index contributed by atoms with van der Waals surface area (Å²) >= 11 is 0. The van der Waals surface area contributed by atoms with E-state index in [-0.39, 0.29) is 17.0 Å². The van der Waals surface area contributed by atoms with Gasteiger partial charge in [-0.3, -0.25) is 4.79 Å². The lowest BCUT2D eigenvalue weighted by atomic mass is 10.2. The number of nitrogens with zero attached hydrogens (tertiary/aromatic N) is 2. The van der Waals surface area contributed by atoms with E-state index in [1.807, 2.05) is 24.3 Å². The Morgan fingerprint density at radius 3 is 2.69 bits per heavy atom. The highest BCUT2D eigenvalue weighted by Gasteiger charge is 2.12. The SMILES string of the molecule is COc1cccc(/C=N\n2c(=O)[nH]c3c([nH]c4ccccc43)c2=O)c1O. The van der Waals surface area contributed by atoms with Gasteiger partial charge in [0, 0.05) is 16.5 Å². The zero-order chi connectivity index (χ0) is 18.3. The summed E-state index contributed by atoms with van der Waals surface area (Å²) in [7, 11) is 1.43. The van der Waals surface area contributed by atoms with Gasteiger partial charge in [-0.15, -0.1) is 4.68 Å². The molecule has 0 saturated carbocycles. The molecule has 4 rings (SSSR count). The molecule has 130 valence electrons. The van der Waals surface area contributed by atoms with Crippen molar-refractivity contribution in [2.45, 2.75) is 0 Å². The molecule has 26 heavy (non-hydrogen) atoms. The maximum absolute atomic E-state index is 12.7. The Balaban J connectivity index is 1.89. The Labute approximate surface area is 146 Å². The monoisotopic (exact) mass is 350 g/mol. The summed E-state index contributed by atoms with van der Waals surface area (Å²) in [6.07, 6.45) is 1.23. The van der Waals surface area contributed by atoms with Crippen molar-refractivity contribution in [2.24, 2.45) is 5.10 Å². The van der Waals surface area contributed by atoms with Crippen LogP contribution in [0, 0.1) is 0 Å². The molecule has 4 aromatic rings. The number of ether oxygens (including phenoxy) is 1. The summed E-state index contributed by atoms with van der Waals surface area (Å²) < 4.78 is 5.73. The first kappa shape index (κ1) is 15.7. The lowest BCUT2D eigenvalue weighted by molar-refractivity contribution is 0.373. The molecule has 2 aromatic carbocycles. The highest BCUT2D eigenvalue weighted by Crippen LogP contribution is 2.28. The van der Waals surface area contributed by atoms with E-state index in [2.05, 4.69) is 15.1 Å². The third kappa shape index (κ3) is 2.35. The van der Waals surface area contributed by atoms with Crippen molar-refractivity contribution < 1.29 is 9.84 Å². The fourth-order valence-corrected chi connectivity index (χ4v) is 2.82. The average molecular weight is 350 g/mol. The van der Waals surface area contributed by atoms with Gasteiger partial charge in [-0.25, -0.2) is 4.79 Å². The van der Waals surface area contributed by atoms with Crippen LogP contribution >= 0.6 is 0 Å². The molecular formula is C18H14N4O4. The molecule has 0 radical (unpaired) electrons. The standard InChI is InChI=1S/C18H14N4O4/c1-26-13-8-4-5-10(16(13)23)9-19-22-17(24)15-14(21-18(22)25)11-6-2-3-7-12(11)20-15/h2-9,20,23H,1H3,(H,21,25)/b19-9-. The predicted octanol–water partition coefficient (Wildman–Crippen LogP) is 1.77. The first-order valence-corrected chi connectivity index (χ1v) is 7.76. The number of H-pyrrole nitrogens is 2. The van der Waals surface area contributed by atoms with Crippen LogP contribution in [0.3, 0.4) is 0 Å². The van der Waals surface area contributed by atoms with E-state index >= 15 is 0 Å². The molecule has 8 heteroatoms. The number of benzene rings is 2. The van der Waals surface area contributed by atoms with Gasteiger partial charge in [0.1, 0.15) is 5.52 Å². The molecule has 2 heterocycles. The van der Waals surface area contributed by atoms with E-state index in [1.54, 1.807) is 18.2 Å². The van der Waals surface area contributed by atoms with Gasteiger partial charge in [0.25, 0.3) is 0 Å². The summed E-state index contributed by atoms with van der Waals surface area (Å²) in [5, 5.41) is 14.8. The number of para-hydroxylation sites is 2. The molecule has 0 fully saturated rings. The summed E-state index contributed by atoms with van der Waals surface area (Å²) in [4.78, 5) is 30.6. The molecular weight excluding hydrogens is 336 g/mol. The molecule has 3 N–H and O–H groups in total. The Bertz CT molecular complexity index is 1280. The van der Waals surface area contributed by atoms with Crippen molar-refractivity contribution in [1.29, 1.82) is 0 Å². The Morgan fingerprint density at radius 1 is 1.08 bits per heavy atom. The average Bonchev–Trinajstić information content (AvgIpc) is 3.02. The fraction of sp³-hybridized carbons (Fsp3) is 0.0556. The quantitative estimate of drug-likeness (QED) is 0.489. The van der Waals surface area contributed by atoms with Crippen LogP contribution in [0.5, 0.6) is 11.5 Å². The zero-order valence-electron chi connectivity index (χ0n) is 13.7. The van der Waals surface area contributed by atoms with Crippen molar-refractivity contribution in [1.82, 2.24) is 14.6 Å². The third-order valence-electron chi connectivity index (χ3n) is 4.10. The second kappa shape index (κ2) is 5.92. The predicted molar refractivity (Wildman–Crippen MR) is 98.3 cm³/mol. The minimum absolute atomic E-state index is 0.130. The number of aromatic hydroxyl groups is 1. The van der Waals surface area contributed by atoms with E-state index in [9.17, 15) is 14.7 Å². The molecule has 0 atom stereocenters. The Hall–Kier alpha value is -3.81. The molecule has 0 aliphatic heterocycles. The number of nitrogens with one attached hydrogen (secondary N) is 2. The van der Waals surface area contributed by atoms with Gasteiger partial charge < -0.3 is 19.8 Å². The number of rotatable bonds is 3. The first-order valence-electron chi connectivity index (χ1n) is 7.76. The van der Waals surface area contributed by atoms with Gasteiger partial charge in [0.15, 0.2) is 11.5 Å². The lowest BCUT2D eigenvalue weighted by Crippen LogP contribution is -2.32. The van der Waals surface area contributed by atoms with Crippen LogP contribution in [0.1, 0.15) is 5.56 Å². The molecule has 2 aromatic heterocycles. The van der Waals surface area contributed by atoms with E-state index in [0.29, 0.717) is 15.8 Å². The number of phenols is 1. The zero-order valence-corrected chi connectivity index (χ0v) is 13.7. The van der Waals surface area contributed by atoms with Crippen molar-refractivity contribution in [3.05, 3.63) is 68.9 Å². The van der Waals surface area contributed by atoms with E-state index < -0.39 is 11.2 Å². The summed E-state index contributed by atoms with van der Waals surface area (Å²) in [6, 6.07) is 12.1. The molecule has 0 saturated heterocycles. The highest BCUT2D eigenvalue weighted by molar-refractivity contribution is 6.04. The van der Waals surface area contributed by atoms with Crippen molar-refractivity contribution in [3.8, 4) is 11.5 Å². The topological polar surface area (TPSA) is 112 Å². The highest BCUT2D eigenvalue weighted by atomic mass is 16.5. The summed E-state index contributed by atoms with van der Waals surface area (Å²) in [5.74, 6) is 0.135. The van der Waals surface area contributed by atoms with E-state index in [4.69, 9.17) is 4.74 Å². The number of aromatic nitrogens is 3. The Kier molecular flexibility index (Phi) is 3.58. The second-order valence-corrected chi connectivity index (χ2v) is 5.61. The Morgan fingerprint density at radius 2 is 1.88 bits per heavy atom. The fourth-order valence-electron chi connectivity index (χ4n) is 2.82. The molecule has 0 aliphatic carbocycles. The number of aromatic amines is 2. The van der Waals surface area contributed by atoms with Gasteiger partial charge in [0.05, 0.1) is 18.8 Å². The van der Waals surface area contributed by atoms with Gasteiger partial charge in [-0.2, -0.15) is 5.10 Å². The molecule has 0 bridgehead atoms. The van der Waals surface area contributed by atoms with Crippen molar-refractivity contribution >= 4 is 28.2 Å². The van der Waals surface area contributed by atoms with Crippen LogP contribution in [0.4, 0.5) is 0 Å². The van der Waals surface area contributed by atoms with Crippen molar-refractivity contribution in [3.63, 3.8) is 0 Å². The largest absolute Gasteiger partial charge is 0.504 e. The van der Waals surface area contributed by atoms with Gasteiger partial charge >= 0.3 is 11.2 Å². The maximum atomic E-state index is 12.7. The molecule has 0 unspecified atom stereocenters. The second-order valence-electron chi connectivity index (χ2n) is 5.61. The minimum Gasteiger partial charge on any atom is -0.504 e. The van der Waals surface area contributed by atoms with Gasteiger partial charge in [-0.1, -0.05) is 24.3 Å². The molecule has 0 spiro atoms. The van der Waals surface area contributed by atoms with Crippen LogP contribution in [0.2, 0.25) is 0 Å². The minimum atomic E-state index is -0.675. The maximum Gasteiger partial charge on any atom is 0.350 e. The smallest absolute Gasteiger partial charge is 0.350 e. The number of hydrogen-bond donors (Lipinski definition) is 3. The summed E-state index contributed by atoms with van der Waals surface area (Å²) in [5.41, 5.74) is 0.475. The van der Waals surface area contributed by atoms with Crippen LogP contribution in [0.15, 0.2) is 57.2 Å². The van der Waals surface area contributed by atoms with E-state index in [1.165, 1.54) is 13.3 Å². The normalized spacial score (nSPS) is 11.6. The number of fused-ring (bicyclic) bond motifs is 3. The number of phenolic OH excluding ortho intramolecular Hbond substituents is 1. The lowest BCUT2D eigenvalue weighted by Gasteiger charge is -2.04. The van der Waals surface area contributed by atoms with Crippen molar-refractivity contribution in [2.75, 3.05) is 7.11 Å². The third-order valence-corrected chi connectivity index (χ3v) is 4.10. The van der Waals surface area contributed by atoms with Crippen LogP contribution in [-0.2, 0) is 0 Å². The number of hydrogen-bond acceptors (Lipinski definition) is 5. The molecule has 0 aliphatic rings. The van der Waals surface area contributed by atoms with E-state index in [0.717, 1.165) is 10.9 Å². The van der Waals surface area contributed by atoms with Gasteiger partial charge in [-0.05, 0) is 18.2 Å². The molecule has 8 nitrogen and oxygen atoms in total. The first-order chi connectivity index (χ1) is 12.6. The van der Waals surface area contributed by atoms with Crippen LogP contribution < -0.4 is 16.0 Å². The van der Waals surface area contributed by atoms with Crippen LogP contribution in [-0.4, -0.2) is 33.1 Å².